The van der Waals surface area contributed by atoms with Crippen LogP contribution >= 0.6 is 0 Å². The van der Waals surface area contributed by atoms with Gasteiger partial charge >= 0.3 is 155 Å². The maximum absolute atomic E-state index is 10.5. The predicted octanol–water partition coefficient (Wildman–Crippen LogP) is 4.31. The average Bonchev–Trinajstić information content (AvgIpc) is 2.92. The Hall–Kier alpha value is -3.11. The Labute approximate surface area is 218 Å². The molecule has 0 heterocycles. The second kappa shape index (κ2) is 11.8. The van der Waals surface area contributed by atoms with Crippen molar-refractivity contribution in [3.8, 4) is 0 Å². The van der Waals surface area contributed by atoms with Gasteiger partial charge in [-0.05, 0) is 19.1 Å². The standard InChI is InChI=1S/C7H8O3S.4C6H5.Bi/c1-6-2-4-7(5-3-6)11(8,9)10;4*1-2-4-6-5-3-1;/h2-5H,1H3,(H,8,9,10);4*1-5H;. The van der Waals surface area contributed by atoms with Gasteiger partial charge in [0.2, 0.25) is 0 Å². The molecule has 0 atom stereocenters. The second-order valence-electron chi connectivity index (χ2n) is 8.30. The van der Waals surface area contributed by atoms with Crippen LogP contribution in [0, 0.1) is 6.92 Å². The molecular weight excluding hydrogens is 661 g/mol. The minimum atomic E-state index is -4.02. The topological polar surface area (TPSA) is 54.4 Å². The fourth-order valence-electron chi connectivity index (χ4n) is 4.21. The summed E-state index contributed by atoms with van der Waals surface area (Å²) in [5, 5.41) is 0. The molecule has 5 heteroatoms. The van der Waals surface area contributed by atoms with Crippen molar-refractivity contribution in [2.24, 2.45) is 0 Å². The van der Waals surface area contributed by atoms with Crippen LogP contribution in [0.5, 0.6) is 0 Å². The third kappa shape index (κ3) is 5.82. The first-order valence-corrected chi connectivity index (χ1v) is 20.0. The molecule has 0 unspecified atom stereocenters. The summed E-state index contributed by atoms with van der Waals surface area (Å²) in [6.07, 6.45) is 0. The van der Waals surface area contributed by atoms with Gasteiger partial charge in [0.1, 0.15) is 0 Å². The van der Waals surface area contributed by atoms with Gasteiger partial charge in [-0.3, -0.25) is 4.55 Å². The summed E-state index contributed by atoms with van der Waals surface area (Å²) in [6, 6.07) is 50.5. The molecule has 5 aromatic rings. The van der Waals surface area contributed by atoms with E-state index in [1.54, 1.807) is 12.1 Å². The van der Waals surface area contributed by atoms with Crippen molar-refractivity contribution in [2.45, 2.75) is 11.8 Å². The molecule has 1 N–H and O–H groups in total. The van der Waals surface area contributed by atoms with Gasteiger partial charge in [0.15, 0.2) is 0 Å². The van der Waals surface area contributed by atoms with Gasteiger partial charge in [-0.2, -0.15) is 8.42 Å². The fraction of sp³-hybridized carbons (Fsp3) is 0.0323. The molecule has 0 aliphatic carbocycles. The van der Waals surface area contributed by atoms with Crippen molar-refractivity contribution >= 4 is 43.5 Å². The molecule has 0 bridgehead atoms. The van der Waals surface area contributed by atoms with E-state index in [2.05, 4.69) is 121 Å². The monoisotopic (exact) mass is 689 g/mol. The Kier molecular flexibility index (Phi) is 8.48. The van der Waals surface area contributed by atoms with Gasteiger partial charge in [-0.25, -0.2) is 0 Å². The molecule has 0 spiro atoms. The summed E-state index contributed by atoms with van der Waals surface area (Å²) >= 11 is -3.38. The first kappa shape index (κ1) is 26.0. The summed E-state index contributed by atoms with van der Waals surface area (Å²) in [4.78, 5) is -0.0666. The van der Waals surface area contributed by atoms with Gasteiger partial charge in [0.25, 0.3) is 10.1 Å². The van der Waals surface area contributed by atoms with E-state index in [1.807, 2.05) is 6.92 Å². The molecule has 0 aliphatic heterocycles. The molecule has 36 heavy (non-hydrogen) atoms. The van der Waals surface area contributed by atoms with E-state index in [4.69, 9.17) is 4.55 Å². The molecule has 0 aliphatic rings. The van der Waals surface area contributed by atoms with Gasteiger partial charge in [-0.1, -0.05) is 17.7 Å². The molecule has 0 saturated carbocycles. The Bertz CT molecular complexity index is 1310. The average molecular weight is 690 g/mol. The normalized spacial score (nSPS) is 11.3. The summed E-state index contributed by atoms with van der Waals surface area (Å²) in [5.74, 6) is 0. The third-order valence-corrected chi connectivity index (χ3v) is 23.4. The van der Waals surface area contributed by atoms with Crippen molar-refractivity contribution in [2.75, 3.05) is 0 Å². The van der Waals surface area contributed by atoms with Crippen LogP contribution in [-0.2, 0) is 10.1 Å². The zero-order chi connectivity index (χ0) is 25.4. The maximum atomic E-state index is 10.5. The predicted molar refractivity (Wildman–Crippen MR) is 151 cm³/mol. The molecule has 1 radical (unpaired) electrons. The molecule has 3 nitrogen and oxygen atoms in total. The second-order valence-corrected chi connectivity index (χ2v) is 23.0. The van der Waals surface area contributed by atoms with Crippen LogP contribution in [0.1, 0.15) is 5.56 Å². The molecule has 0 saturated heterocycles. The SMILES string of the molecule is Cc1ccc(S(=O)(=O)O)cc1.c1cc[c]([Bi]([c]2ccccc2)([c]2ccccc2)[c]2ccccc2)cc1. The van der Waals surface area contributed by atoms with Crippen LogP contribution in [0.3, 0.4) is 0 Å². The third-order valence-electron chi connectivity index (χ3n) is 5.89. The van der Waals surface area contributed by atoms with Crippen LogP contribution in [0.2, 0.25) is 0 Å². The summed E-state index contributed by atoms with van der Waals surface area (Å²) < 4.78 is 35.5. The van der Waals surface area contributed by atoms with E-state index in [0.29, 0.717) is 0 Å². The summed E-state index contributed by atoms with van der Waals surface area (Å²) in [6.45, 7) is 1.84. The number of rotatable bonds is 5. The molecule has 5 rings (SSSR count). The van der Waals surface area contributed by atoms with Gasteiger partial charge in [0.05, 0.1) is 4.90 Å². The number of benzene rings is 5. The molecular formula is C31H28BiO3S. The van der Waals surface area contributed by atoms with Crippen LogP contribution in [0.15, 0.2) is 150 Å². The van der Waals surface area contributed by atoms with E-state index in [9.17, 15) is 8.42 Å². The molecule has 181 valence electrons. The first-order chi connectivity index (χ1) is 17.4. The fourth-order valence-corrected chi connectivity index (χ4v) is 21.3. The number of hydrogen-bond acceptors (Lipinski definition) is 2. The Morgan fingerprint density at radius 2 is 0.750 bits per heavy atom. The quantitative estimate of drug-likeness (QED) is 0.221. The van der Waals surface area contributed by atoms with Crippen molar-refractivity contribution < 1.29 is 13.0 Å². The van der Waals surface area contributed by atoms with Crippen LogP contribution in [-0.4, -0.2) is 33.2 Å². The zero-order valence-corrected chi connectivity index (χ0v) is 24.3. The van der Waals surface area contributed by atoms with Gasteiger partial charge in [0, 0.05) is 0 Å². The Balaban J connectivity index is 0.000000233. The van der Waals surface area contributed by atoms with Crippen molar-refractivity contribution in [1.29, 1.82) is 0 Å². The van der Waals surface area contributed by atoms with Gasteiger partial charge in [-0.15, -0.1) is 0 Å². The van der Waals surface area contributed by atoms with Crippen molar-refractivity contribution in [3.63, 3.8) is 0 Å². The molecule has 0 fully saturated rings. The van der Waals surface area contributed by atoms with E-state index >= 15 is 0 Å². The van der Waals surface area contributed by atoms with Crippen molar-refractivity contribution in [3.05, 3.63) is 151 Å². The summed E-state index contributed by atoms with van der Waals surface area (Å²) in [5.41, 5.74) is 0.956. The number of hydrogen-bond donors (Lipinski definition) is 1. The molecule has 0 amide bonds. The Morgan fingerprint density at radius 1 is 0.472 bits per heavy atom. The summed E-state index contributed by atoms with van der Waals surface area (Å²) in [7, 11) is -4.02. The van der Waals surface area contributed by atoms with Crippen LogP contribution < -0.4 is 13.1 Å². The zero-order valence-electron chi connectivity index (χ0n) is 20.0. The van der Waals surface area contributed by atoms with E-state index in [0.717, 1.165) is 5.56 Å². The van der Waals surface area contributed by atoms with Crippen LogP contribution in [0.4, 0.5) is 0 Å². The Morgan fingerprint density at radius 3 is 1.00 bits per heavy atom. The van der Waals surface area contributed by atoms with Gasteiger partial charge < -0.3 is 0 Å². The van der Waals surface area contributed by atoms with Crippen molar-refractivity contribution in [1.82, 2.24) is 0 Å². The van der Waals surface area contributed by atoms with E-state index in [1.165, 1.54) is 25.2 Å². The number of aryl methyl sites for hydroxylation is 1. The molecule has 0 aromatic heterocycles. The van der Waals surface area contributed by atoms with Crippen LogP contribution in [0.25, 0.3) is 0 Å². The minimum absolute atomic E-state index is 0.0666. The van der Waals surface area contributed by atoms with E-state index in [-0.39, 0.29) is 4.90 Å². The molecule has 5 aromatic carbocycles. The van der Waals surface area contributed by atoms with E-state index < -0.39 is 30.4 Å². The first-order valence-electron chi connectivity index (χ1n) is 11.6.